The van der Waals surface area contributed by atoms with Crippen molar-refractivity contribution >= 4 is 40.8 Å². The van der Waals surface area contributed by atoms with Gasteiger partial charge in [0.05, 0.1) is 10.0 Å². The van der Waals surface area contributed by atoms with Crippen molar-refractivity contribution in [3.8, 4) is 0 Å². The molecule has 0 aliphatic heterocycles. The molecule has 6 nitrogen and oxygen atoms in total. The zero-order valence-electron chi connectivity index (χ0n) is 15.8. The fraction of sp³-hybridized carbons (Fsp3) is 0.350. The first kappa shape index (κ1) is 22.0. The molecule has 2 aromatic rings. The summed E-state index contributed by atoms with van der Waals surface area (Å²) in [4.78, 5) is 29.0. The number of nitrogens with zero attached hydrogens (tertiary/aromatic N) is 1. The topological polar surface area (TPSA) is 83.1 Å². The Hall–Kier alpha value is -2.31. The number of anilines is 1. The van der Waals surface area contributed by atoms with Gasteiger partial charge in [-0.15, -0.1) is 0 Å². The third-order valence-electron chi connectivity index (χ3n) is 3.82. The summed E-state index contributed by atoms with van der Waals surface area (Å²) >= 11 is 11.9. The molecule has 0 bridgehead atoms. The summed E-state index contributed by atoms with van der Waals surface area (Å²) in [5, 5.41) is 9.54. The van der Waals surface area contributed by atoms with Crippen molar-refractivity contribution in [2.45, 2.75) is 26.3 Å². The first-order valence-electron chi connectivity index (χ1n) is 9.03. The molecule has 1 aromatic carbocycles. The molecular formula is C20H24Cl2N4O2. The summed E-state index contributed by atoms with van der Waals surface area (Å²) in [7, 11) is 0. The summed E-state index contributed by atoms with van der Waals surface area (Å²) in [6.45, 7) is 4.67. The van der Waals surface area contributed by atoms with Crippen LogP contribution in [0.5, 0.6) is 0 Å². The molecule has 0 saturated carbocycles. The van der Waals surface area contributed by atoms with Crippen LogP contribution in [0.4, 0.5) is 5.82 Å². The Kier molecular flexibility index (Phi) is 8.54. The van der Waals surface area contributed by atoms with E-state index in [1.165, 1.54) is 6.20 Å². The first-order chi connectivity index (χ1) is 13.4. The van der Waals surface area contributed by atoms with Gasteiger partial charge in [0.15, 0.2) is 0 Å². The minimum atomic E-state index is -0.746. The Morgan fingerprint density at radius 2 is 1.82 bits per heavy atom. The van der Waals surface area contributed by atoms with Crippen molar-refractivity contribution in [3.05, 3.63) is 58.2 Å². The SMILES string of the molecule is CC(C)CC(=O)NC(C(=O)NCCNc1ncc(Cl)cc1Cl)c1ccccc1. The highest BCUT2D eigenvalue weighted by Gasteiger charge is 2.22. The van der Waals surface area contributed by atoms with Crippen LogP contribution in [0, 0.1) is 5.92 Å². The minimum Gasteiger partial charge on any atom is -0.367 e. The molecule has 0 radical (unpaired) electrons. The molecular weight excluding hydrogens is 399 g/mol. The Labute approximate surface area is 175 Å². The standard InChI is InChI=1S/C20H24Cl2N4O2/c1-13(2)10-17(27)26-18(14-6-4-3-5-7-14)20(28)24-9-8-23-19-16(22)11-15(21)12-25-19/h3-7,11-13,18H,8-10H2,1-2H3,(H,23,25)(H,24,28)(H,26,27). The molecule has 0 fully saturated rings. The van der Waals surface area contributed by atoms with E-state index in [1.54, 1.807) is 6.07 Å². The molecule has 0 aliphatic rings. The molecule has 150 valence electrons. The van der Waals surface area contributed by atoms with Gasteiger partial charge in [0.1, 0.15) is 11.9 Å². The lowest BCUT2D eigenvalue weighted by molar-refractivity contribution is -0.129. The highest BCUT2D eigenvalue weighted by molar-refractivity contribution is 6.35. The van der Waals surface area contributed by atoms with Gasteiger partial charge in [-0.3, -0.25) is 9.59 Å². The van der Waals surface area contributed by atoms with Gasteiger partial charge >= 0.3 is 0 Å². The summed E-state index contributed by atoms with van der Waals surface area (Å²) in [6, 6.07) is 10.0. The van der Waals surface area contributed by atoms with Crippen molar-refractivity contribution < 1.29 is 9.59 Å². The predicted molar refractivity (Wildman–Crippen MR) is 113 cm³/mol. The molecule has 1 unspecified atom stereocenters. The second-order valence-electron chi connectivity index (χ2n) is 6.71. The molecule has 3 N–H and O–H groups in total. The van der Waals surface area contributed by atoms with Crippen LogP contribution in [0.1, 0.15) is 31.9 Å². The molecule has 8 heteroatoms. The molecule has 2 amide bonds. The molecule has 28 heavy (non-hydrogen) atoms. The number of nitrogens with one attached hydrogen (secondary N) is 3. The fourth-order valence-electron chi connectivity index (χ4n) is 2.55. The number of hydrogen-bond donors (Lipinski definition) is 3. The van der Waals surface area contributed by atoms with E-state index in [-0.39, 0.29) is 17.7 Å². The van der Waals surface area contributed by atoms with Crippen LogP contribution in [0.25, 0.3) is 0 Å². The van der Waals surface area contributed by atoms with Crippen LogP contribution in [0.2, 0.25) is 10.0 Å². The normalized spacial score (nSPS) is 11.8. The lowest BCUT2D eigenvalue weighted by Crippen LogP contribution is -2.42. The lowest BCUT2D eigenvalue weighted by Gasteiger charge is -2.19. The number of halogens is 2. The van der Waals surface area contributed by atoms with E-state index in [4.69, 9.17) is 23.2 Å². The van der Waals surface area contributed by atoms with Crippen LogP contribution in [0.3, 0.4) is 0 Å². The maximum absolute atomic E-state index is 12.7. The van der Waals surface area contributed by atoms with Gasteiger partial charge in [-0.2, -0.15) is 0 Å². The summed E-state index contributed by atoms with van der Waals surface area (Å²) in [5.41, 5.74) is 0.729. The van der Waals surface area contributed by atoms with Gasteiger partial charge in [0.25, 0.3) is 0 Å². The first-order valence-corrected chi connectivity index (χ1v) is 9.79. The van der Waals surface area contributed by atoms with Crippen LogP contribution in [-0.2, 0) is 9.59 Å². The van der Waals surface area contributed by atoms with Crippen LogP contribution in [-0.4, -0.2) is 29.9 Å². The lowest BCUT2D eigenvalue weighted by atomic mass is 10.0. The van der Waals surface area contributed by atoms with Crippen molar-refractivity contribution in [3.63, 3.8) is 0 Å². The molecule has 0 spiro atoms. The van der Waals surface area contributed by atoms with E-state index in [9.17, 15) is 9.59 Å². The third kappa shape index (κ3) is 7.02. The largest absolute Gasteiger partial charge is 0.367 e. The quantitative estimate of drug-likeness (QED) is 0.536. The second-order valence-corrected chi connectivity index (χ2v) is 7.55. The van der Waals surface area contributed by atoms with Gasteiger partial charge in [-0.05, 0) is 17.5 Å². The number of carbonyl (C=O) groups excluding carboxylic acids is 2. The molecule has 1 heterocycles. The number of carbonyl (C=O) groups is 2. The molecule has 1 aromatic heterocycles. The highest BCUT2D eigenvalue weighted by atomic mass is 35.5. The van der Waals surface area contributed by atoms with Crippen molar-refractivity contribution in [2.75, 3.05) is 18.4 Å². The van der Waals surface area contributed by atoms with E-state index < -0.39 is 6.04 Å². The van der Waals surface area contributed by atoms with E-state index in [1.807, 2.05) is 44.2 Å². The average Bonchev–Trinajstić information content (AvgIpc) is 2.64. The molecule has 0 aliphatic carbocycles. The van der Waals surface area contributed by atoms with Crippen molar-refractivity contribution in [2.24, 2.45) is 5.92 Å². The van der Waals surface area contributed by atoms with Crippen LogP contribution in [0.15, 0.2) is 42.6 Å². The summed E-state index contributed by atoms with van der Waals surface area (Å²) < 4.78 is 0. The Bertz CT molecular complexity index is 800. The maximum atomic E-state index is 12.7. The number of pyridine rings is 1. The number of hydrogen-bond acceptors (Lipinski definition) is 4. The van der Waals surface area contributed by atoms with Gasteiger partial charge < -0.3 is 16.0 Å². The van der Waals surface area contributed by atoms with E-state index in [2.05, 4.69) is 20.9 Å². The third-order valence-corrected chi connectivity index (χ3v) is 4.31. The van der Waals surface area contributed by atoms with E-state index in [0.29, 0.717) is 35.4 Å². The average molecular weight is 423 g/mol. The van der Waals surface area contributed by atoms with E-state index in [0.717, 1.165) is 5.56 Å². The van der Waals surface area contributed by atoms with Crippen molar-refractivity contribution in [1.82, 2.24) is 15.6 Å². The highest BCUT2D eigenvalue weighted by Crippen LogP contribution is 2.22. The smallest absolute Gasteiger partial charge is 0.247 e. The van der Waals surface area contributed by atoms with Crippen LogP contribution >= 0.6 is 23.2 Å². The number of rotatable bonds is 9. The zero-order chi connectivity index (χ0) is 20.5. The minimum absolute atomic E-state index is 0.158. The van der Waals surface area contributed by atoms with Gasteiger partial charge in [0, 0.05) is 25.7 Å². The number of amides is 2. The Morgan fingerprint density at radius 3 is 2.46 bits per heavy atom. The molecule has 0 saturated heterocycles. The van der Waals surface area contributed by atoms with Crippen LogP contribution < -0.4 is 16.0 Å². The Balaban J connectivity index is 1.93. The zero-order valence-corrected chi connectivity index (χ0v) is 17.3. The summed E-state index contributed by atoms with van der Waals surface area (Å²) in [5.74, 6) is 0.264. The number of aromatic nitrogens is 1. The Morgan fingerprint density at radius 1 is 1.11 bits per heavy atom. The second kappa shape index (κ2) is 10.9. The predicted octanol–water partition coefficient (Wildman–Crippen LogP) is 3.82. The van der Waals surface area contributed by atoms with Gasteiger partial charge in [0.2, 0.25) is 11.8 Å². The van der Waals surface area contributed by atoms with E-state index >= 15 is 0 Å². The monoisotopic (exact) mass is 422 g/mol. The number of benzene rings is 1. The fourth-order valence-corrected chi connectivity index (χ4v) is 3.00. The van der Waals surface area contributed by atoms with Gasteiger partial charge in [-0.1, -0.05) is 67.4 Å². The summed E-state index contributed by atoms with van der Waals surface area (Å²) in [6.07, 6.45) is 1.85. The van der Waals surface area contributed by atoms with Crippen molar-refractivity contribution in [1.29, 1.82) is 0 Å². The van der Waals surface area contributed by atoms with Gasteiger partial charge in [-0.25, -0.2) is 4.98 Å². The molecule has 1 atom stereocenters. The maximum Gasteiger partial charge on any atom is 0.247 e. The molecule has 2 rings (SSSR count).